The van der Waals surface area contributed by atoms with Crippen LogP contribution in [-0.2, 0) is 0 Å². The first-order chi connectivity index (χ1) is 19.4. The van der Waals surface area contributed by atoms with Gasteiger partial charge in [0.1, 0.15) is 0 Å². The van der Waals surface area contributed by atoms with Gasteiger partial charge in [0.2, 0.25) is 0 Å². The molecule has 7 rings (SSSR count). The van der Waals surface area contributed by atoms with E-state index in [2.05, 4.69) is 5.32 Å². The second-order valence-corrected chi connectivity index (χ2v) is 10.4. The SMILES string of the molecule is Nc1cc2c3c(cccc3c1)C(=O)N(CCCNCCCN1C(=O)c3ccc4c5c(ccc(c35)C1=O)C=C4)C2=O. The number of anilines is 1. The second-order valence-electron chi connectivity index (χ2n) is 10.4. The second kappa shape index (κ2) is 9.14. The van der Waals surface area contributed by atoms with Crippen LogP contribution in [0.3, 0.4) is 0 Å². The van der Waals surface area contributed by atoms with Gasteiger partial charge in [-0.25, -0.2) is 0 Å². The molecule has 0 unspecified atom stereocenters. The van der Waals surface area contributed by atoms with Crippen molar-refractivity contribution in [1.82, 2.24) is 15.1 Å². The van der Waals surface area contributed by atoms with Crippen LogP contribution < -0.4 is 11.1 Å². The Kier molecular flexibility index (Phi) is 5.54. The number of carbonyl (C=O) groups excluding carboxylic acids is 4. The first-order valence-electron chi connectivity index (χ1n) is 13.5. The van der Waals surface area contributed by atoms with Crippen molar-refractivity contribution in [3.63, 3.8) is 0 Å². The average molecular weight is 531 g/mol. The summed E-state index contributed by atoms with van der Waals surface area (Å²) >= 11 is 0. The molecular formula is C32H26N4O4. The molecule has 4 amide bonds. The number of nitrogens with one attached hydrogen (secondary N) is 1. The molecule has 3 aliphatic rings. The van der Waals surface area contributed by atoms with Gasteiger partial charge in [0, 0.05) is 46.2 Å². The van der Waals surface area contributed by atoms with Crippen molar-refractivity contribution in [3.05, 3.63) is 88.0 Å². The number of nitrogens with two attached hydrogens (primary N) is 1. The summed E-state index contributed by atoms with van der Waals surface area (Å²) in [6, 6.07) is 16.3. The van der Waals surface area contributed by atoms with E-state index < -0.39 is 0 Å². The van der Waals surface area contributed by atoms with Crippen LogP contribution in [0.5, 0.6) is 0 Å². The zero-order valence-electron chi connectivity index (χ0n) is 21.7. The van der Waals surface area contributed by atoms with Gasteiger partial charge in [-0.15, -0.1) is 0 Å². The van der Waals surface area contributed by atoms with Gasteiger partial charge in [0.15, 0.2) is 0 Å². The summed E-state index contributed by atoms with van der Waals surface area (Å²) in [4.78, 5) is 55.3. The van der Waals surface area contributed by atoms with Crippen molar-refractivity contribution in [2.75, 3.05) is 31.9 Å². The van der Waals surface area contributed by atoms with E-state index in [1.807, 2.05) is 42.5 Å². The lowest BCUT2D eigenvalue weighted by Crippen LogP contribution is -2.42. The van der Waals surface area contributed by atoms with Crippen LogP contribution in [0, 0.1) is 0 Å². The highest BCUT2D eigenvalue weighted by Gasteiger charge is 2.34. The van der Waals surface area contributed by atoms with Crippen LogP contribution in [0.1, 0.15) is 65.4 Å². The normalized spacial score (nSPS) is 15.3. The van der Waals surface area contributed by atoms with E-state index in [9.17, 15) is 19.2 Å². The van der Waals surface area contributed by atoms with Crippen molar-refractivity contribution >= 4 is 63.0 Å². The van der Waals surface area contributed by atoms with Crippen molar-refractivity contribution in [1.29, 1.82) is 0 Å². The van der Waals surface area contributed by atoms with Crippen LogP contribution in [0.4, 0.5) is 5.69 Å². The number of rotatable bonds is 8. The molecule has 198 valence electrons. The average Bonchev–Trinajstić information content (AvgIpc) is 3.38. The number of benzene rings is 4. The van der Waals surface area contributed by atoms with E-state index in [4.69, 9.17) is 5.73 Å². The van der Waals surface area contributed by atoms with Gasteiger partial charge in [-0.05, 0) is 78.2 Å². The summed E-state index contributed by atoms with van der Waals surface area (Å²) < 4.78 is 0. The Balaban J connectivity index is 0.943. The maximum absolute atomic E-state index is 13.2. The Morgan fingerprint density at radius 2 is 1.15 bits per heavy atom. The molecular weight excluding hydrogens is 504 g/mol. The minimum atomic E-state index is -0.330. The summed E-state index contributed by atoms with van der Waals surface area (Å²) in [5.41, 5.74) is 10.7. The fraction of sp³-hybridized carbons (Fsp3) is 0.188. The highest BCUT2D eigenvalue weighted by Crippen LogP contribution is 2.38. The molecule has 8 nitrogen and oxygen atoms in total. The maximum atomic E-state index is 13.2. The zero-order valence-corrected chi connectivity index (χ0v) is 21.7. The van der Waals surface area contributed by atoms with Crippen molar-refractivity contribution in [3.8, 4) is 0 Å². The van der Waals surface area contributed by atoms with Crippen molar-refractivity contribution < 1.29 is 19.2 Å². The van der Waals surface area contributed by atoms with Crippen LogP contribution in [-0.4, -0.2) is 59.6 Å². The third-order valence-corrected chi connectivity index (χ3v) is 8.04. The molecule has 8 heteroatoms. The van der Waals surface area contributed by atoms with Gasteiger partial charge >= 0.3 is 0 Å². The maximum Gasteiger partial charge on any atom is 0.261 e. The smallest absolute Gasteiger partial charge is 0.261 e. The third-order valence-electron chi connectivity index (χ3n) is 8.04. The lowest BCUT2D eigenvalue weighted by Gasteiger charge is -2.28. The van der Waals surface area contributed by atoms with Gasteiger partial charge in [0.05, 0.1) is 5.56 Å². The largest absolute Gasteiger partial charge is 0.399 e. The van der Waals surface area contributed by atoms with E-state index in [1.165, 1.54) is 9.80 Å². The molecule has 0 atom stereocenters. The van der Waals surface area contributed by atoms with E-state index in [-0.39, 0.29) is 30.2 Å². The first-order valence-corrected chi connectivity index (χ1v) is 13.5. The van der Waals surface area contributed by atoms with Crippen LogP contribution in [0.15, 0.2) is 54.6 Å². The minimum Gasteiger partial charge on any atom is -0.399 e. The lowest BCUT2D eigenvalue weighted by atomic mass is 9.91. The van der Waals surface area contributed by atoms with E-state index in [0.717, 1.165) is 27.3 Å². The van der Waals surface area contributed by atoms with E-state index in [1.54, 1.807) is 24.3 Å². The number of carbonyl (C=O) groups is 4. The summed E-state index contributed by atoms with van der Waals surface area (Å²) in [5.74, 6) is -1.14. The number of nitrogen functional groups attached to an aromatic ring is 1. The van der Waals surface area contributed by atoms with Crippen LogP contribution in [0.25, 0.3) is 33.7 Å². The quantitative estimate of drug-likeness (QED) is 0.176. The number of amides is 4. The van der Waals surface area contributed by atoms with E-state index >= 15 is 0 Å². The molecule has 0 fully saturated rings. The number of imide groups is 2. The Morgan fingerprint density at radius 1 is 0.600 bits per heavy atom. The Hall–Kier alpha value is -4.82. The molecule has 0 spiro atoms. The molecule has 1 aliphatic carbocycles. The molecule has 0 saturated carbocycles. The van der Waals surface area contributed by atoms with Crippen LogP contribution >= 0.6 is 0 Å². The Bertz CT molecular complexity index is 1780. The van der Waals surface area contributed by atoms with Gasteiger partial charge in [0.25, 0.3) is 23.6 Å². The monoisotopic (exact) mass is 530 g/mol. The molecule has 40 heavy (non-hydrogen) atoms. The topological polar surface area (TPSA) is 113 Å². The standard InChI is InChI=1S/C32H26N4O4/c33-21-16-20-4-1-5-22-27(20)25(17-21)32(40)36(29(22)37)15-3-13-34-12-2-14-35-30(38)23-10-8-18-6-7-19-9-11-24(31(35)39)28(23)26(18)19/h1,4-11,16-17,34H,2-3,12-15,33H2. The summed E-state index contributed by atoms with van der Waals surface area (Å²) in [5, 5.41) is 6.49. The molecule has 4 aromatic rings. The number of hydrogen-bond donors (Lipinski definition) is 2. The highest BCUT2D eigenvalue weighted by molar-refractivity contribution is 6.28. The molecule has 0 saturated heterocycles. The third kappa shape index (κ3) is 3.56. The molecule has 0 radical (unpaired) electrons. The fourth-order valence-electron chi connectivity index (χ4n) is 6.18. The van der Waals surface area contributed by atoms with Crippen molar-refractivity contribution in [2.45, 2.75) is 12.8 Å². The van der Waals surface area contributed by atoms with Gasteiger partial charge in [-0.1, -0.05) is 36.4 Å². The van der Waals surface area contributed by atoms with Crippen molar-refractivity contribution in [2.24, 2.45) is 0 Å². The summed E-state index contributed by atoms with van der Waals surface area (Å²) in [7, 11) is 0. The molecule has 4 aromatic carbocycles. The fourth-order valence-corrected chi connectivity index (χ4v) is 6.18. The number of nitrogens with zero attached hydrogens (tertiary/aromatic N) is 2. The summed E-state index contributed by atoms with van der Waals surface area (Å²) in [6.45, 7) is 1.74. The zero-order chi connectivity index (χ0) is 27.5. The Morgan fingerprint density at radius 3 is 1.75 bits per heavy atom. The summed E-state index contributed by atoms with van der Waals surface area (Å²) in [6.07, 6.45) is 5.18. The molecule has 0 bridgehead atoms. The molecule has 2 aliphatic heterocycles. The van der Waals surface area contributed by atoms with Gasteiger partial charge in [-0.3, -0.25) is 29.0 Å². The van der Waals surface area contributed by atoms with E-state index in [0.29, 0.717) is 65.8 Å². The predicted molar refractivity (Wildman–Crippen MR) is 154 cm³/mol. The minimum absolute atomic E-state index is 0.258. The first kappa shape index (κ1) is 24.2. The van der Waals surface area contributed by atoms with Crippen LogP contribution in [0.2, 0.25) is 0 Å². The van der Waals surface area contributed by atoms with Gasteiger partial charge < -0.3 is 11.1 Å². The lowest BCUT2D eigenvalue weighted by molar-refractivity contribution is 0.0596. The highest BCUT2D eigenvalue weighted by atomic mass is 16.2. The molecule has 2 heterocycles. The predicted octanol–water partition coefficient (Wildman–Crippen LogP) is 4.32. The molecule has 0 aromatic heterocycles. The number of hydrogen-bond acceptors (Lipinski definition) is 6. The van der Waals surface area contributed by atoms with Gasteiger partial charge in [-0.2, -0.15) is 0 Å². The molecule has 3 N–H and O–H groups in total. The Labute approximate surface area is 230 Å².